The van der Waals surface area contributed by atoms with Gasteiger partial charge in [0.1, 0.15) is 5.82 Å². The molecule has 0 aliphatic heterocycles. The van der Waals surface area contributed by atoms with Gasteiger partial charge < -0.3 is 15.4 Å². The van der Waals surface area contributed by atoms with Crippen molar-refractivity contribution in [3.05, 3.63) is 82.5 Å². The minimum Gasteiger partial charge on any atom is -0.465 e. The third kappa shape index (κ3) is 4.83. The molecule has 2 N–H and O–H groups in total. The second-order valence-corrected chi connectivity index (χ2v) is 6.18. The highest BCUT2D eigenvalue weighted by Crippen LogP contribution is 2.16. The zero-order chi connectivity index (χ0) is 19.9. The van der Waals surface area contributed by atoms with Crippen LogP contribution in [0.2, 0.25) is 5.02 Å². The molecule has 2 aromatic carbocycles. The summed E-state index contributed by atoms with van der Waals surface area (Å²) in [4.78, 5) is 23.9. The minimum absolute atomic E-state index is 0.145. The number of benzene rings is 2. The van der Waals surface area contributed by atoms with Gasteiger partial charge in [0.25, 0.3) is 5.91 Å². The molecule has 0 saturated heterocycles. The molecule has 0 aliphatic carbocycles. The summed E-state index contributed by atoms with van der Waals surface area (Å²) >= 11 is 6.12. The summed E-state index contributed by atoms with van der Waals surface area (Å²) < 4.78 is 4.67. The Hall–Kier alpha value is -3.45. The summed E-state index contributed by atoms with van der Waals surface area (Å²) in [6, 6.07) is 17.1. The van der Waals surface area contributed by atoms with Crippen molar-refractivity contribution < 1.29 is 14.3 Å². The molecule has 1 aromatic heterocycles. The molecule has 142 valence electrons. The standard InChI is InChI=1S/C20H17ClN4O3/c1-28-20(27)13-6-4-7-15(11-13)23-19(26)17-9-10-18(25-24-17)22-12-14-5-2-3-8-16(14)21/h2-11H,12H2,1H3,(H,22,25)(H,23,26). The molecule has 3 rings (SSSR count). The number of hydrogen-bond acceptors (Lipinski definition) is 6. The van der Waals surface area contributed by atoms with E-state index in [1.807, 2.05) is 24.3 Å². The van der Waals surface area contributed by atoms with Gasteiger partial charge in [-0.15, -0.1) is 10.2 Å². The van der Waals surface area contributed by atoms with E-state index in [0.29, 0.717) is 28.6 Å². The summed E-state index contributed by atoms with van der Waals surface area (Å²) in [7, 11) is 1.30. The molecule has 1 amide bonds. The van der Waals surface area contributed by atoms with E-state index in [9.17, 15) is 9.59 Å². The van der Waals surface area contributed by atoms with Gasteiger partial charge in [-0.05, 0) is 42.0 Å². The van der Waals surface area contributed by atoms with Gasteiger partial charge in [0.05, 0.1) is 12.7 Å². The number of methoxy groups -OCH3 is 1. The van der Waals surface area contributed by atoms with E-state index >= 15 is 0 Å². The lowest BCUT2D eigenvalue weighted by atomic mass is 10.2. The van der Waals surface area contributed by atoms with Crippen LogP contribution in [0.4, 0.5) is 11.5 Å². The van der Waals surface area contributed by atoms with E-state index in [1.165, 1.54) is 13.2 Å². The van der Waals surface area contributed by atoms with Gasteiger partial charge >= 0.3 is 5.97 Å². The zero-order valence-corrected chi connectivity index (χ0v) is 15.7. The first kappa shape index (κ1) is 19.3. The first-order valence-corrected chi connectivity index (χ1v) is 8.75. The Balaban J connectivity index is 1.62. The number of anilines is 2. The lowest BCUT2D eigenvalue weighted by Gasteiger charge is -2.08. The topological polar surface area (TPSA) is 93.2 Å². The Bertz CT molecular complexity index is 993. The van der Waals surface area contributed by atoms with Gasteiger partial charge in [-0.2, -0.15) is 0 Å². The number of halogens is 1. The van der Waals surface area contributed by atoms with Gasteiger partial charge in [0, 0.05) is 17.3 Å². The molecule has 0 unspecified atom stereocenters. The molecular formula is C20H17ClN4O3. The highest BCUT2D eigenvalue weighted by molar-refractivity contribution is 6.31. The quantitative estimate of drug-likeness (QED) is 0.616. The van der Waals surface area contributed by atoms with Crippen molar-refractivity contribution in [2.75, 3.05) is 17.7 Å². The molecule has 7 nitrogen and oxygen atoms in total. The highest BCUT2D eigenvalue weighted by atomic mass is 35.5. The summed E-state index contributed by atoms with van der Waals surface area (Å²) in [5.41, 5.74) is 1.87. The molecule has 28 heavy (non-hydrogen) atoms. The summed E-state index contributed by atoms with van der Waals surface area (Å²) in [5.74, 6) is -0.402. The smallest absolute Gasteiger partial charge is 0.337 e. The second kappa shape index (κ2) is 8.96. The molecule has 0 aliphatic rings. The number of amides is 1. The van der Waals surface area contributed by atoms with Gasteiger partial charge in [0.2, 0.25) is 0 Å². The van der Waals surface area contributed by atoms with Crippen LogP contribution in [0.25, 0.3) is 0 Å². The van der Waals surface area contributed by atoms with Crippen molar-refractivity contribution in [2.45, 2.75) is 6.54 Å². The van der Waals surface area contributed by atoms with E-state index in [2.05, 4.69) is 25.6 Å². The molecular weight excluding hydrogens is 380 g/mol. The van der Waals surface area contributed by atoms with Gasteiger partial charge in [-0.25, -0.2) is 4.79 Å². The lowest BCUT2D eigenvalue weighted by molar-refractivity contribution is 0.0600. The monoisotopic (exact) mass is 396 g/mol. The highest BCUT2D eigenvalue weighted by Gasteiger charge is 2.11. The van der Waals surface area contributed by atoms with Crippen molar-refractivity contribution in [3.8, 4) is 0 Å². The van der Waals surface area contributed by atoms with Crippen LogP contribution in [0, 0.1) is 0 Å². The molecule has 8 heteroatoms. The van der Waals surface area contributed by atoms with E-state index in [4.69, 9.17) is 11.6 Å². The number of ether oxygens (including phenoxy) is 1. The average Bonchev–Trinajstić information content (AvgIpc) is 2.73. The molecule has 1 heterocycles. The maximum absolute atomic E-state index is 12.3. The predicted molar refractivity (Wildman–Crippen MR) is 107 cm³/mol. The maximum Gasteiger partial charge on any atom is 0.337 e. The summed E-state index contributed by atoms with van der Waals surface area (Å²) in [6.07, 6.45) is 0. The van der Waals surface area contributed by atoms with Crippen molar-refractivity contribution in [1.82, 2.24) is 10.2 Å². The molecule has 0 radical (unpaired) electrons. The molecule has 3 aromatic rings. The van der Waals surface area contributed by atoms with Crippen molar-refractivity contribution in [1.29, 1.82) is 0 Å². The van der Waals surface area contributed by atoms with Gasteiger partial charge in [-0.1, -0.05) is 35.9 Å². The summed E-state index contributed by atoms with van der Waals surface area (Å²) in [6.45, 7) is 0.486. The Kier molecular flexibility index (Phi) is 6.18. The van der Waals surface area contributed by atoms with Crippen LogP contribution in [-0.4, -0.2) is 29.2 Å². The number of hydrogen-bond donors (Lipinski definition) is 2. The number of nitrogens with one attached hydrogen (secondary N) is 2. The van der Waals surface area contributed by atoms with E-state index in [0.717, 1.165) is 5.56 Å². The number of carbonyl (C=O) groups is 2. The third-order valence-electron chi connectivity index (χ3n) is 3.86. The van der Waals surface area contributed by atoms with Crippen molar-refractivity contribution >= 4 is 35.0 Å². The Morgan fingerprint density at radius 1 is 1.04 bits per heavy atom. The first-order chi connectivity index (χ1) is 13.6. The first-order valence-electron chi connectivity index (χ1n) is 8.37. The van der Waals surface area contributed by atoms with E-state index in [-0.39, 0.29) is 5.69 Å². The number of esters is 1. The van der Waals surface area contributed by atoms with Gasteiger partial charge in [-0.3, -0.25) is 4.79 Å². The predicted octanol–water partition coefficient (Wildman–Crippen LogP) is 3.78. The van der Waals surface area contributed by atoms with Crippen LogP contribution in [0.5, 0.6) is 0 Å². The van der Waals surface area contributed by atoms with Crippen LogP contribution in [0.1, 0.15) is 26.4 Å². The Labute approximate surface area is 166 Å². The van der Waals surface area contributed by atoms with Crippen LogP contribution >= 0.6 is 11.6 Å². The number of rotatable bonds is 6. The second-order valence-electron chi connectivity index (χ2n) is 5.78. The number of carbonyl (C=O) groups excluding carboxylic acids is 2. The SMILES string of the molecule is COC(=O)c1cccc(NC(=O)c2ccc(NCc3ccccc3Cl)nn2)c1. The Morgan fingerprint density at radius 3 is 2.57 bits per heavy atom. The van der Waals surface area contributed by atoms with Crippen LogP contribution < -0.4 is 10.6 Å². The van der Waals surface area contributed by atoms with E-state index in [1.54, 1.807) is 30.3 Å². The lowest BCUT2D eigenvalue weighted by Crippen LogP contribution is -2.15. The molecule has 0 saturated carbocycles. The number of nitrogens with zero attached hydrogens (tertiary/aromatic N) is 2. The average molecular weight is 397 g/mol. The largest absolute Gasteiger partial charge is 0.465 e. The molecule has 0 atom stereocenters. The fourth-order valence-corrected chi connectivity index (χ4v) is 2.61. The minimum atomic E-state index is -0.482. The van der Waals surface area contributed by atoms with Crippen LogP contribution in [0.3, 0.4) is 0 Å². The van der Waals surface area contributed by atoms with Crippen molar-refractivity contribution in [3.63, 3.8) is 0 Å². The maximum atomic E-state index is 12.3. The van der Waals surface area contributed by atoms with Crippen LogP contribution in [0.15, 0.2) is 60.7 Å². The fraction of sp³-hybridized carbons (Fsp3) is 0.100. The molecule has 0 bridgehead atoms. The van der Waals surface area contributed by atoms with Gasteiger partial charge in [0.15, 0.2) is 5.69 Å². The Morgan fingerprint density at radius 2 is 1.86 bits per heavy atom. The summed E-state index contributed by atoms with van der Waals surface area (Å²) in [5, 5.41) is 14.4. The third-order valence-corrected chi connectivity index (χ3v) is 4.23. The normalized spacial score (nSPS) is 10.2. The fourth-order valence-electron chi connectivity index (χ4n) is 2.41. The zero-order valence-electron chi connectivity index (χ0n) is 15.0. The van der Waals surface area contributed by atoms with E-state index < -0.39 is 11.9 Å². The molecule has 0 spiro atoms. The van der Waals surface area contributed by atoms with Crippen molar-refractivity contribution in [2.24, 2.45) is 0 Å². The number of aromatic nitrogens is 2. The molecule has 0 fully saturated rings. The van der Waals surface area contributed by atoms with Crippen LogP contribution in [-0.2, 0) is 11.3 Å².